The van der Waals surface area contributed by atoms with Gasteiger partial charge in [-0.3, -0.25) is 0 Å². The van der Waals surface area contributed by atoms with E-state index < -0.39 is 17.0 Å². The number of esters is 1. The first-order valence-corrected chi connectivity index (χ1v) is 22.4. The maximum absolute atomic E-state index is 12.7. The van der Waals surface area contributed by atoms with Gasteiger partial charge in [0.1, 0.15) is 31.2 Å². The molecule has 4 aromatic rings. The molecule has 0 radical (unpaired) electrons. The van der Waals surface area contributed by atoms with Crippen LogP contribution in [0.25, 0.3) is 0 Å². The molecule has 16 heteroatoms. The zero-order valence-corrected chi connectivity index (χ0v) is 38.4. The summed E-state index contributed by atoms with van der Waals surface area (Å²) >= 11 is 26.9. The molecule has 0 saturated heterocycles. The number of ether oxygens (including phenoxy) is 1. The summed E-state index contributed by atoms with van der Waals surface area (Å²) in [4.78, 5) is 48.5. The van der Waals surface area contributed by atoms with Crippen molar-refractivity contribution in [1.82, 2.24) is 19.8 Å². The van der Waals surface area contributed by atoms with Crippen molar-refractivity contribution >= 4 is 92.2 Å². The van der Waals surface area contributed by atoms with E-state index in [0.717, 1.165) is 38.8 Å². The number of hydrogen-bond donors (Lipinski definition) is 1. The summed E-state index contributed by atoms with van der Waals surface area (Å²) in [7, 11) is 0. The molecule has 1 N–H and O–H groups in total. The largest absolute Gasteiger partial charge is 0.477 e. The van der Waals surface area contributed by atoms with Crippen molar-refractivity contribution in [3.8, 4) is 0 Å². The maximum atomic E-state index is 12.7. The summed E-state index contributed by atoms with van der Waals surface area (Å²) in [5.74, 6) is -1.14. The standard InChI is InChI=1S/C23H23Cl2N3O2S.C21H19Cl2N3O2S/c1-5-30-21(29)19-18(13(2)3)28-20(14-6-11-17(25)26-12-14)23(4,27-22(28)31-19)15-7-9-16(24)10-8-15;1-11(2)16-17(19(27)28)29-20-25-21(3,13-5-7-14(22)8-6-13)18(26(16)20)12-4-9-15(23)24-10-12/h6-13,20H,5H2,1-4H3;4-11,18H,1-3H3,(H,27,28)/t20-,23+;18-,21+/m11/s1. The predicted molar refractivity (Wildman–Crippen MR) is 243 cm³/mol. The minimum atomic E-state index is -0.933. The molecule has 0 saturated carbocycles. The number of amidine groups is 2. The summed E-state index contributed by atoms with van der Waals surface area (Å²) in [5, 5.41) is 13.4. The zero-order chi connectivity index (χ0) is 43.3. The Labute approximate surface area is 378 Å². The van der Waals surface area contributed by atoms with Crippen LogP contribution in [0.1, 0.15) is 82.8 Å². The number of aliphatic imine (C=N–C) groups is 2. The quantitative estimate of drug-likeness (QED) is 0.128. The van der Waals surface area contributed by atoms with Gasteiger partial charge in [-0.1, -0.05) is 110 Å². The molecule has 0 aliphatic carbocycles. The molecule has 2 aromatic carbocycles. The highest BCUT2D eigenvalue weighted by Gasteiger charge is 2.55. The number of allylic oxidation sites excluding steroid dienone is 2. The van der Waals surface area contributed by atoms with Crippen LogP contribution in [0.3, 0.4) is 0 Å². The monoisotopic (exact) mass is 922 g/mol. The minimum absolute atomic E-state index is 0.0108. The number of halogens is 4. The molecule has 10 nitrogen and oxygen atoms in total. The molecule has 0 unspecified atom stereocenters. The number of aliphatic carboxylic acids is 1. The molecule has 0 amide bonds. The van der Waals surface area contributed by atoms with Crippen molar-refractivity contribution in [3.63, 3.8) is 0 Å². The maximum Gasteiger partial charge on any atom is 0.346 e. The van der Waals surface area contributed by atoms with E-state index in [2.05, 4.69) is 47.5 Å². The van der Waals surface area contributed by atoms with E-state index >= 15 is 0 Å². The molecule has 0 spiro atoms. The molecule has 4 aliphatic heterocycles. The Morgan fingerprint density at radius 3 is 1.43 bits per heavy atom. The van der Waals surface area contributed by atoms with Gasteiger partial charge in [0, 0.05) is 33.8 Å². The number of benzene rings is 2. The number of hydrogen-bond acceptors (Lipinski definition) is 11. The van der Waals surface area contributed by atoms with Crippen LogP contribution < -0.4 is 0 Å². The Morgan fingerprint density at radius 2 is 1.08 bits per heavy atom. The van der Waals surface area contributed by atoms with Crippen LogP contribution in [0.2, 0.25) is 20.4 Å². The fourth-order valence-corrected chi connectivity index (χ4v) is 11.1. The third kappa shape index (κ3) is 8.07. The van der Waals surface area contributed by atoms with Crippen molar-refractivity contribution in [1.29, 1.82) is 0 Å². The Hall–Kier alpha value is -4.04. The first-order chi connectivity index (χ1) is 28.5. The number of carbonyl (C=O) groups excluding carboxylic acids is 1. The molecule has 6 heterocycles. The molecular formula is C44H42Cl4N6O4S2. The fraction of sp³-hybridized carbons (Fsp3) is 0.318. The molecule has 0 fully saturated rings. The van der Waals surface area contributed by atoms with Gasteiger partial charge in [0.2, 0.25) is 0 Å². The average molecular weight is 925 g/mol. The van der Waals surface area contributed by atoms with Gasteiger partial charge in [-0.2, -0.15) is 0 Å². The van der Waals surface area contributed by atoms with Crippen molar-refractivity contribution in [2.24, 2.45) is 21.8 Å². The highest BCUT2D eigenvalue weighted by molar-refractivity contribution is 8.18. The number of carbonyl (C=O) groups is 2. The zero-order valence-electron chi connectivity index (χ0n) is 33.8. The van der Waals surface area contributed by atoms with E-state index in [9.17, 15) is 14.7 Å². The summed E-state index contributed by atoms with van der Waals surface area (Å²) in [5.41, 5.74) is 4.32. The minimum Gasteiger partial charge on any atom is -0.477 e. The lowest BCUT2D eigenvalue weighted by Crippen LogP contribution is -2.36. The van der Waals surface area contributed by atoms with Crippen molar-refractivity contribution in [2.45, 2.75) is 71.6 Å². The molecule has 312 valence electrons. The number of nitrogens with zero attached hydrogens (tertiary/aromatic N) is 6. The second kappa shape index (κ2) is 17.4. The number of thioether (sulfide) groups is 2. The van der Waals surface area contributed by atoms with Crippen LogP contribution >= 0.6 is 69.9 Å². The van der Waals surface area contributed by atoms with Crippen LogP contribution in [0.5, 0.6) is 0 Å². The van der Waals surface area contributed by atoms with Gasteiger partial charge in [-0.25, -0.2) is 29.5 Å². The average Bonchev–Trinajstić information content (AvgIpc) is 3.92. The second-order valence-corrected chi connectivity index (χ2v) is 19.0. The summed E-state index contributed by atoms with van der Waals surface area (Å²) < 4.78 is 5.33. The molecule has 60 heavy (non-hydrogen) atoms. The van der Waals surface area contributed by atoms with E-state index in [1.807, 2.05) is 81.4 Å². The molecule has 4 aliphatic rings. The summed E-state index contributed by atoms with van der Waals surface area (Å²) in [6.45, 7) is 14.4. The van der Waals surface area contributed by atoms with Gasteiger partial charge in [0.05, 0.1) is 18.7 Å². The molecule has 4 atom stereocenters. The first kappa shape index (κ1) is 44.0. The molecule has 8 rings (SSSR count). The lowest BCUT2D eigenvalue weighted by molar-refractivity contribution is -0.137. The van der Waals surface area contributed by atoms with Gasteiger partial charge in [0.15, 0.2) is 10.3 Å². The SMILES string of the molecule is CC(C)C1=C(C(=O)O)SC2=N[C@@](C)(c3ccc(Cl)cc3)[C@@H](c3ccc(Cl)nc3)N21.CCOC(=O)C1=C(C(C)C)N2C(=N[C@@](C)(c3ccc(Cl)cc3)[C@H]2c2ccc(Cl)nc2)S1. The Balaban J connectivity index is 0.000000182. The topological polar surface area (TPSA) is 121 Å². The second-order valence-electron chi connectivity index (χ2n) is 15.4. The number of carboxylic acid groups (broad SMARTS) is 1. The van der Waals surface area contributed by atoms with Gasteiger partial charge in [-0.05, 0) is 115 Å². The van der Waals surface area contributed by atoms with Crippen LogP contribution in [0, 0.1) is 11.8 Å². The van der Waals surface area contributed by atoms with E-state index in [1.165, 1.54) is 23.5 Å². The summed E-state index contributed by atoms with van der Waals surface area (Å²) in [6.07, 6.45) is 3.52. The van der Waals surface area contributed by atoms with E-state index in [1.54, 1.807) is 24.5 Å². The van der Waals surface area contributed by atoms with Crippen molar-refractivity contribution in [2.75, 3.05) is 6.61 Å². The number of carboxylic acids is 1. The van der Waals surface area contributed by atoms with Gasteiger partial charge in [0.25, 0.3) is 0 Å². The van der Waals surface area contributed by atoms with Crippen LogP contribution in [0.15, 0.2) is 116 Å². The number of aromatic nitrogens is 2. The van der Waals surface area contributed by atoms with Gasteiger partial charge < -0.3 is 19.6 Å². The van der Waals surface area contributed by atoms with Gasteiger partial charge in [-0.15, -0.1) is 0 Å². The lowest BCUT2D eigenvalue weighted by Gasteiger charge is -2.36. The van der Waals surface area contributed by atoms with E-state index in [0.29, 0.717) is 41.9 Å². The van der Waals surface area contributed by atoms with Crippen LogP contribution in [-0.2, 0) is 25.4 Å². The van der Waals surface area contributed by atoms with E-state index in [4.69, 9.17) is 61.1 Å². The Kier molecular flexibility index (Phi) is 12.8. The first-order valence-electron chi connectivity index (χ1n) is 19.3. The van der Waals surface area contributed by atoms with Crippen molar-refractivity contribution < 1.29 is 19.4 Å². The molecule has 0 bridgehead atoms. The predicted octanol–water partition coefficient (Wildman–Crippen LogP) is 11.9. The molecular weight excluding hydrogens is 882 g/mol. The Morgan fingerprint density at radius 1 is 0.683 bits per heavy atom. The third-order valence-electron chi connectivity index (χ3n) is 10.8. The highest BCUT2D eigenvalue weighted by Crippen LogP contribution is 2.57. The Bertz CT molecular complexity index is 2440. The van der Waals surface area contributed by atoms with E-state index in [-0.39, 0.29) is 29.9 Å². The highest BCUT2D eigenvalue weighted by atomic mass is 35.5. The smallest absolute Gasteiger partial charge is 0.346 e. The number of fused-ring (bicyclic) bond motifs is 2. The molecule has 2 aromatic heterocycles. The summed E-state index contributed by atoms with van der Waals surface area (Å²) in [6, 6.07) is 22.3. The number of pyridine rings is 2. The fourth-order valence-electron chi connectivity index (χ4n) is 8.13. The van der Waals surface area contributed by atoms with Crippen molar-refractivity contribution in [3.05, 3.63) is 149 Å². The third-order valence-corrected chi connectivity index (χ3v) is 13.8. The normalized spacial score (nSPS) is 23.1. The number of rotatable bonds is 9. The van der Waals surface area contributed by atoms with Gasteiger partial charge >= 0.3 is 11.9 Å². The van der Waals surface area contributed by atoms with Crippen LogP contribution in [0.4, 0.5) is 0 Å². The lowest BCUT2D eigenvalue weighted by atomic mass is 9.81. The van der Waals surface area contributed by atoms with Crippen LogP contribution in [-0.4, -0.2) is 53.8 Å².